The van der Waals surface area contributed by atoms with E-state index in [1.807, 2.05) is 0 Å². The molecule has 1 aromatic rings. The third-order valence-corrected chi connectivity index (χ3v) is 4.56. The Labute approximate surface area is 99.7 Å². The van der Waals surface area contributed by atoms with Crippen LogP contribution in [0.4, 0.5) is 0 Å². The molecular formula is C11H14O5S. The first kappa shape index (κ1) is 12.3. The normalized spacial score (nSPS) is 22.8. The molecule has 1 aliphatic rings. The minimum Gasteiger partial charge on any atom is -0.456 e. The van der Waals surface area contributed by atoms with Crippen LogP contribution >= 0.6 is 0 Å². The van der Waals surface area contributed by atoms with Crippen molar-refractivity contribution in [3.8, 4) is 0 Å². The zero-order valence-electron chi connectivity index (χ0n) is 9.51. The van der Waals surface area contributed by atoms with Crippen LogP contribution in [0.5, 0.6) is 0 Å². The van der Waals surface area contributed by atoms with E-state index >= 15 is 0 Å². The summed E-state index contributed by atoms with van der Waals surface area (Å²) in [6.45, 7) is 0.302. The van der Waals surface area contributed by atoms with Crippen LogP contribution in [0.3, 0.4) is 0 Å². The molecule has 1 atom stereocenters. The second kappa shape index (κ2) is 4.62. The number of furan rings is 1. The fourth-order valence-electron chi connectivity index (χ4n) is 1.93. The van der Waals surface area contributed by atoms with Gasteiger partial charge in [0, 0.05) is 13.0 Å². The van der Waals surface area contributed by atoms with Gasteiger partial charge in [-0.1, -0.05) is 0 Å². The number of sulfone groups is 1. The third kappa shape index (κ3) is 2.76. The monoisotopic (exact) mass is 258 g/mol. The molecule has 5 nitrogen and oxygen atoms in total. The van der Waals surface area contributed by atoms with Gasteiger partial charge >= 0.3 is 0 Å². The average Bonchev–Trinajstić information content (AvgIpc) is 2.85. The molecule has 1 aromatic heterocycles. The van der Waals surface area contributed by atoms with Crippen LogP contribution in [0.1, 0.15) is 22.7 Å². The van der Waals surface area contributed by atoms with E-state index in [9.17, 15) is 13.2 Å². The summed E-state index contributed by atoms with van der Waals surface area (Å²) in [7, 11) is -1.50. The second-order valence-corrected chi connectivity index (χ2v) is 6.39. The van der Waals surface area contributed by atoms with E-state index in [-0.39, 0.29) is 23.0 Å². The molecule has 0 amide bonds. The highest BCUT2D eigenvalue weighted by Crippen LogP contribution is 2.23. The molecule has 2 heterocycles. The molecule has 2 rings (SSSR count). The molecule has 0 aliphatic carbocycles. The van der Waals surface area contributed by atoms with Gasteiger partial charge in [-0.25, -0.2) is 8.42 Å². The molecule has 0 radical (unpaired) electrons. The summed E-state index contributed by atoms with van der Waals surface area (Å²) in [6, 6.07) is 3.24. The molecule has 1 saturated heterocycles. The van der Waals surface area contributed by atoms with Gasteiger partial charge in [0.2, 0.25) is 5.78 Å². The molecule has 0 spiro atoms. The number of carbonyl (C=O) groups excluding carboxylic acids is 1. The number of rotatable bonds is 4. The lowest BCUT2D eigenvalue weighted by Gasteiger charge is -2.03. The highest BCUT2D eigenvalue weighted by Gasteiger charge is 2.34. The van der Waals surface area contributed by atoms with Crippen LogP contribution in [0.2, 0.25) is 0 Å². The van der Waals surface area contributed by atoms with Crippen molar-refractivity contribution in [3.05, 3.63) is 23.7 Å². The summed E-state index contributed by atoms with van der Waals surface area (Å²) >= 11 is 0. The van der Waals surface area contributed by atoms with Crippen molar-refractivity contribution in [1.29, 1.82) is 0 Å². The number of hydrogen-bond donors (Lipinski definition) is 0. The lowest BCUT2D eigenvalue weighted by molar-refractivity contribution is 0.0896. The van der Waals surface area contributed by atoms with Crippen molar-refractivity contribution >= 4 is 15.6 Å². The number of carbonyl (C=O) groups is 1. The van der Waals surface area contributed by atoms with Gasteiger partial charge in [-0.15, -0.1) is 0 Å². The Kier molecular flexibility index (Phi) is 3.35. The lowest BCUT2D eigenvalue weighted by Crippen LogP contribution is -2.15. The van der Waals surface area contributed by atoms with Crippen molar-refractivity contribution in [3.63, 3.8) is 0 Å². The van der Waals surface area contributed by atoms with Gasteiger partial charge in [-0.3, -0.25) is 4.79 Å². The Morgan fingerprint density at radius 3 is 2.88 bits per heavy atom. The highest BCUT2D eigenvalue weighted by molar-refractivity contribution is 7.91. The van der Waals surface area contributed by atoms with E-state index in [4.69, 9.17) is 9.15 Å². The van der Waals surface area contributed by atoms with E-state index in [1.54, 1.807) is 12.1 Å². The van der Waals surface area contributed by atoms with E-state index in [0.29, 0.717) is 18.8 Å². The zero-order chi connectivity index (χ0) is 12.5. The summed E-state index contributed by atoms with van der Waals surface area (Å²) in [5.41, 5.74) is 0. The topological polar surface area (TPSA) is 73.6 Å². The fourth-order valence-corrected chi connectivity index (χ4v) is 3.67. The van der Waals surface area contributed by atoms with Crippen LogP contribution in [0, 0.1) is 5.92 Å². The molecule has 0 aromatic carbocycles. The molecule has 1 unspecified atom stereocenters. The number of methoxy groups -OCH3 is 1. The SMILES string of the molecule is COCc1ccc(C(=O)C2CCS(=O)(=O)C2)o1. The Bertz CT molecular complexity index is 514. The first-order valence-corrected chi connectivity index (χ1v) is 7.16. The molecule has 94 valence electrons. The van der Waals surface area contributed by atoms with E-state index in [0.717, 1.165) is 0 Å². The molecule has 1 aliphatic heterocycles. The maximum Gasteiger partial charge on any atom is 0.202 e. The Hall–Kier alpha value is -1.14. The molecule has 1 fully saturated rings. The van der Waals surface area contributed by atoms with Crippen molar-refractivity contribution in [2.45, 2.75) is 13.0 Å². The van der Waals surface area contributed by atoms with E-state index in [2.05, 4.69) is 0 Å². The lowest BCUT2D eigenvalue weighted by atomic mass is 10.0. The standard InChI is InChI=1S/C11H14O5S/c1-15-6-9-2-3-10(16-9)11(12)8-4-5-17(13,14)7-8/h2-3,8H,4-7H2,1H3. The first-order chi connectivity index (χ1) is 8.02. The average molecular weight is 258 g/mol. The molecule has 0 N–H and O–H groups in total. The largest absolute Gasteiger partial charge is 0.456 e. The minimum absolute atomic E-state index is 0.0633. The van der Waals surface area contributed by atoms with Crippen LogP contribution < -0.4 is 0 Å². The quantitative estimate of drug-likeness (QED) is 0.754. The van der Waals surface area contributed by atoms with Crippen molar-refractivity contribution < 1.29 is 22.4 Å². The highest BCUT2D eigenvalue weighted by atomic mass is 32.2. The smallest absolute Gasteiger partial charge is 0.202 e. The molecule has 0 bridgehead atoms. The molecular weight excluding hydrogens is 244 g/mol. The van der Waals surface area contributed by atoms with Gasteiger partial charge in [-0.2, -0.15) is 0 Å². The Morgan fingerprint density at radius 2 is 2.29 bits per heavy atom. The first-order valence-electron chi connectivity index (χ1n) is 5.34. The van der Waals surface area contributed by atoms with Crippen LogP contribution in [0.25, 0.3) is 0 Å². The Balaban J connectivity index is 2.09. The second-order valence-electron chi connectivity index (χ2n) is 4.16. The Morgan fingerprint density at radius 1 is 1.53 bits per heavy atom. The zero-order valence-corrected chi connectivity index (χ0v) is 10.3. The van der Waals surface area contributed by atoms with Gasteiger partial charge in [0.1, 0.15) is 12.4 Å². The number of ether oxygens (including phenoxy) is 1. The van der Waals surface area contributed by atoms with Crippen LogP contribution in [0.15, 0.2) is 16.5 Å². The predicted octanol–water partition coefficient (Wildman–Crippen LogP) is 1.04. The predicted molar refractivity (Wildman–Crippen MR) is 60.5 cm³/mol. The maximum absolute atomic E-state index is 12.0. The van der Waals surface area contributed by atoms with Crippen molar-refractivity contribution in [2.75, 3.05) is 18.6 Å². The molecule has 0 saturated carbocycles. The third-order valence-electron chi connectivity index (χ3n) is 2.79. The van der Waals surface area contributed by atoms with Gasteiger partial charge in [0.15, 0.2) is 15.6 Å². The summed E-state index contributed by atoms with van der Waals surface area (Å²) in [5, 5.41) is 0. The van der Waals surface area contributed by atoms with E-state index < -0.39 is 15.8 Å². The fraction of sp³-hybridized carbons (Fsp3) is 0.545. The number of ketones is 1. The summed E-state index contributed by atoms with van der Waals surface area (Å²) in [6.07, 6.45) is 0.390. The molecule has 17 heavy (non-hydrogen) atoms. The number of hydrogen-bond acceptors (Lipinski definition) is 5. The summed E-state index contributed by atoms with van der Waals surface area (Å²) in [5.74, 6) is 0.132. The van der Waals surface area contributed by atoms with E-state index in [1.165, 1.54) is 7.11 Å². The van der Waals surface area contributed by atoms with Gasteiger partial charge < -0.3 is 9.15 Å². The van der Waals surface area contributed by atoms with Gasteiger partial charge in [0.25, 0.3) is 0 Å². The summed E-state index contributed by atoms with van der Waals surface area (Å²) < 4.78 is 32.7. The summed E-state index contributed by atoms with van der Waals surface area (Å²) in [4.78, 5) is 12.0. The van der Waals surface area contributed by atoms with Crippen molar-refractivity contribution in [2.24, 2.45) is 5.92 Å². The van der Waals surface area contributed by atoms with Crippen LogP contribution in [-0.4, -0.2) is 32.8 Å². The number of Topliss-reactive ketones (excluding diaryl/α,β-unsaturated/α-hetero) is 1. The van der Waals surface area contributed by atoms with Gasteiger partial charge in [-0.05, 0) is 18.6 Å². The van der Waals surface area contributed by atoms with Gasteiger partial charge in [0.05, 0.1) is 11.5 Å². The molecule has 6 heteroatoms. The van der Waals surface area contributed by atoms with Crippen molar-refractivity contribution in [1.82, 2.24) is 0 Å². The minimum atomic E-state index is -3.04. The van der Waals surface area contributed by atoms with Crippen LogP contribution in [-0.2, 0) is 21.2 Å². The maximum atomic E-state index is 12.0.